The van der Waals surface area contributed by atoms with Gasteiger partial charge in [0.1, 0.15) is 0 Å². The molecule has 0 unspecified atom stereocenters. The monoisotopic (exact) mass is 257 g/mol. The van der Waals surface area contributed by atoms with Crippen molar-refractivity contribution in [1.29, 1.82) is 0 Å². The molecule has 2 N–H and O–H groups in total. The van der Waals surface area contributed by atoms with Crippen molar-refractivity contribution in [3.63, 3.8) is 0 Å². The maximum atomic E-state index is 6.26. The number of hydrogen-bond acceptors (Lipinski definition) is 1. The molecule has 1 fully saturated rings. The number of nitrogens with two attached hydrogens (primary N) is 1. The summed E-state index contributed by atoms with van der Waals surface area (Å²) < 4.78 is 0. The minimum Gasteiger partial charge on any atom is -0.330 e. The van der Waals surface area contributed by atoms with Crippen molar-refractivity contribution in [2.24, 2.45) is 11.1 Å². The first-order valence-corrected chi connectivity index (χ1v) is 6.30. The van der Waals surface area contributed by atoms with E-state index in [4.69, 9.17) is 28.9 Å². The van der Waals surface area contributed by atoms with E-state index in [1.165, 1.54) is 0 Å². The molecular weight excluding hydrogens is 241 g/mol. The van der Waals surface area contributed by atoms with E-state index in [-0.39, 0.29) is 5.41 Å². The van der Waals surface area contributed by atoms with Gasteiger partial charge in [-0.2, -0.15) is 0 Å². The first-order chi connectivity index (χ1) is 7.40. The van der Waals surface area contributed by atoms with Crippen molar-refractivity contribution in [2.45, 2.75) is 32.1 Å². The zero-order valence-corrected chi connectivity index (χ0v) is 11.2. The van der Waals surface area contributed by atoms with E-state index in [1.807, 2.05) is 18.2 Å². The van der Waals surface area contributed by atoms with Gasteiger partial charge in [0.2, 0.25) is 0 Å². The Morgan fingerprint density at radius 1 is 1.19 bits per heavy atom. The lowest BCUT2D eigenvalue weighted by molar-refractivity contribution is 0.0636. The Morgan fingerprint density at radius 3 is 2.06 bits per heavy atom. The molecule has 1 aromatic carbocycles. The number of rotatable bonds is 2. The van der Waals surface area contributed by atoms with Crippen LogP contribution in [0.2, 0.25) is 10.0 Å². The van der Waals surface area contributed by atoms with Crippen LogP contribution in [0.15, 0.2) is 18.2 Å². The standard InChI is InChI=1S/C13H17Cl2N/c1-12(2)6-13(7-12,8-16)11-9(14)4-3-5-10(11)15/h3-5H,6-8,16H2,1-2H3. The van der Waals surface area contributed by atoms with Crippen LogP contribution in [0.4, 0.5) is 0 Å². The molecule has 0 aromatic heterocycles. The second-order valence-corrected chi connectivity index (χ2v) is 6.41. The van der Waals surface area contributed by atoms with Crippen LogP contribution in [0.3, 0.4) is 0 Å². The first-order valence-electron chi connectivity index (χ1n) is 5.55. The van der Waals surface area contributed by atoms with Gasteiger partial charge in [0, 0.05) is 22.0 Å². The fraction of sp³-hybridized carbons (Fsp3) is 0.538. The van der Waals surface area contributed by atoms with Crippen LogP contribution >= 0.6 is 23.2 Å². The van der Waals surface area contributed by atoms with Crippen LogP contribution in [-0.2, 0) is 5.41 Å². The molecule has 0 heterocycles. The summed E-state index contributed by atoms with van der Waals surface area (Å²) in [4.78, 5) is 0. The van der Waals surface area contributed by atoms with Gasteiger partial charge < -0.3 is 5.73 Å². The van der Waals surface area contributed by atoms with E-state index in [1.54, 1.807) is 0 Å². The highest BCUT2D eigenvalue weighted by atomic mass is 35.5. The Hall–Kier alpha value is -0.240. The third-order valence-corrected chi connectivity index (χ3v) is 4.15. The second kappa shape index (κ2) is 3.90. The highest BCUT2D eigenvalue weighted by molar-refractivity contribution is 6.36. The van der Waals surface area contributed by atoms with E-state index >= 15 is 0 Å². The summed E-state index contributed by atoms with van der Waals surface area (Å²) in [5, 5.41) is 1.49. The van der Waals surface area contributed by atoms with Gasteiger partial charge in [-0.3, -0.25) is 0 Å². The molecule has 1 saturated carbocycles. The minimum atomic E-state index is -0.0150. The SMILES string of the molecule is CC1(C)CC(CN)(c2c(Cl)cccc2Cl)C1. The van der Waals surface area contributed by atoms with Crippen molar-refractivity contribution in [3.05, 3.63) is 33.8 Å². The summed E-state index contributed by atoms with van der Waals surface area (Å²) in [6, 6.07) is 5.67. The molecular formula is C13H17Cl2N. The zero-order valence-electron chi connectivity index (χ0n) is 9.69. The molecule has 1 nitrogen and oxygen atoms in total. The highest BCUT2D eigenvalue weighted by Gasteiger charge is 2.50. The summed E-state index contributed by atoms with van der Waals surface area (Å²) in [5.74, 6) is 0. The average molecular weight is 258 g/mol. The topological polar surface area (TPSA) is 26.0 Å². The smallest absolute Gasteiger partial charge is 0.0459 e. The quantitative estimate of drug-likeness (QED) is 0.852. The second-order valence-electron chi connectivity index (χ2n) is 5.60. The van der Waals surface area contributed by atoms with E-state index in [0.29, 0.717) is 12.0 Å². The van der Waals surface area contributed by atoms with Crippen LogP contribution in [0.25, 0.3) is 0 Å². The Balaban J connectivity index is 2.43. The lowest BCUT2D eigenvalue weighted by atomic mass is 9.52. The van der Waals surface area contributed by atoms with Crippen molar-refractivity contribution in [2.75, 3.05) is 6.54 Å². The summed E-state index contributed by atoms with van der Waals surface area (Å²) in [6.45, 7) is 5.12. The molecule has 0 radical (unpaired) electrons. The molecule has 0 bridgehead atoms. The van der Waals surface area contributed by atoms with Crippen molar-refractivity contribution in [3.8, 4) is 0 Å². The van der Waals surface area contributed by atoms with Gasteiger partial charge in [-0.1, -0.05) is 43.1 Å². The summed E-state index contributed by atoms with van der Waals surface area (Å²) in [5.41, 5.74) is 7.32. The molecule has 2 rings (SSSR count). The molecule has 88 valence electrons. The maximum Gasteiger partial charge on any atom is 0.0459 e. The molecule has 0 atom stereocenters. The van der Waals surface area contributed by atoms with Gasteiger partial charge >= 0.3 is 0 Å². The lowest BCUT2D eigenvalue weighted by Crippen LogP contribution is -2.51. The third-order valence-electron chi connectivity index (χ3n) is 3.52. The van der Waals surface area contributed by atoms with Gasteiger partial charge in [0.05, 0.1) is 0 Å². The van der Waals surface area contributed by atoms with Crippen LogP contribution < -0.4 is 5.73 Å². The highest BCUT2D eigenvalue weighted by Crippen LogP contribution is 2.57. The Kier molecular flexibility index (Phi) is 2.98. The maximum absolute atomic E-state index is 6.26. The number of halogens is 2. The predicted molar refractivity (Wildman–Crippen MR) is 70.2 cm³/mol. The fourth-order valence-electron chi connectivity index (χ4n) is 3.21. The molecule has 0 spiro atoms. The molecule has 0 aliphatic heterocycles. The minimum absolute atomic E-state index is 0.0150. The lowest BCUT2D eigenvalue weighted by Gasteiger charge is -2.53. The summed E-state index contributed by atoms with van der Waals surface area (Å²) >= 11 is 12.5. The molecule has 0 amide bonds. The zero-order chi connectivity index (χ0) is 12.0. The van der Waals surface area contributed by atoms with Crippen LogP contribution in [0.5, 0.6) is 0 Å². The molecule has 3 heteroatoms. The van der Waals surface area contributed by atoms with Gasteiger partial charge in [-0.05, 0) is 36.0 Å². The van der Waals surface area contributed by atoms with Crippen molar-refractivity contribution >= 4 is 23.2 Å². The average Bonchev–Trinajstić information content (AvgIpc) is 2.13. The van der Waals surface area contributed by atoms with Gasteiger partial charge in [-0.25, -0.2) is 0 Å². The largest absolute Gasteiger partial charge is 0.330 e. The summed E-state index contributed by atoms with van der Waals surface area (Å²) in [6.07, 6.45) is 2.11. The molecule has 1 aromatic rings. The summed E-state index contributed by atoms with van der Waals surface area (Å²) in [7, 11) is 0. The first kappa shape index (κ1) is 12.2. The third kappa shape index (κ3) is 1.85. The molecule has 16 heavy (non-hydrogen) atoms. The predicted octanol–water partition coefficient (Wildman–Crippen LogP) is 4.01. The Morgan fingerprint density at radius 2 is 1.69 bits per heavy atom. The van der Waals surface area contributed by atoms with Gasteiger partial charge in [-0.15, -0.1) is 0 Å². The van der Waals surface area contributed by atoms with Crippen molar-refractivity contribution < 1.29 is 0 Å². The number of hydrogen-bond donors (Lipinski definition) is 1. The molecule has 0 saturated heterocycles. The normalized spacial score (nSPS) is 21.6. The van der Waals surface area contributed by atoms with Gasteiger partial charge in [0.25, 0.3) is 0 Å². The van der Waals surface area contributed by atoms with Crippen LogP contribution in [0, 0.1) is 5.41 Å². The molecule has 1 aliphatic carbocycles. The molecule has 1 aliphatic rings. The van der Waals surface area contributed by atoms with E-state index in [0.717, 1.165) is 28.5 Å². The van der Waals surface area contributed by atoms with Crippen LogP contribution in [-0.4, -0.2) is 6.54 Å². The van der Waals surface area contributed by atoms with Crippen molar-refractivity contribution in [1.82, 2.24) is 0 Å². The van der Waals surface area contributed by atoms with E-state index in [2.05, 4.69) is 13.8 Å². The number of benzene rings is 1. The van der Waals surface area contributed by atoms with E-state index < -0.39 is 0 Å². The Labute approximate surface area is 107 Å². The van der Waals surface area contributed by atoms with E-state index in [9.17, 15) is 0 Å². The Bertz CT molecular complexity index is 384. The fourth-order valence-corrected chi connectivity index (χ4v) is 4.01. The van der Waals surface area contributed by atoms with Gasteiger partial charge in [0.15, 0.2) is 0 Å². The van der Waals surface area contributed by atoms with Crippen LogP contribution in [0.1, 0.15) is 32.3 Å².